The van der Waals surface area contributed by atoms with Crippen LogP contribution in [0, 0.1) is 11.8 Å². The first kappa shape index (κ1) is 12.2. The highest BCUT2D eigenvalue weighted by Gasteiger charge is 2.66. The van der Waals surface area contributed by atoms with E-state index in [9.17, 15) is 0 Å². The van der Waals surface area contributed by atoms with Gasteiger partial charge in [-0.25, -0.2) is 5.01 Å². The quantitative estimate of drug-likeness (QED) is 0.853. The van der Waals surface area contributed by atoms with E-state index in [4.69, 9.17) is 9.47 Å². The summed E-state index contributed by atoms with van der Waals surface area (Å²) in [6.45, 7) is 0. The predicted octanol–water partition coefficient (Wildman–Crippen LogP) is 2.68. The maximum Gasteiger partial charge on any atom is 0.162 e. The molecule has 0 spiro atoms. The molecule has 1 saturated carbocycles. The first-order valence-electron chi connectivity index (χ1n) is 8.13. The molecule has 3 saturated heterocycles. The molecule has 4 aliphatic rings. The standard InChI is InChI=1S/C17H22N2O2/c1-20-15-8-3-10(9-16(15)21-2)18-17-11-4-5-12(17)14-7-6-13(11)19(14)18/h3,8-9,11-14,17H,4-7H2,1-2H3. The van der Waals surface area contributed by atoms with Crippen LogP contribution in [-0.2, 0) is 0 Å². The van der Waals surface area contributed by atoms with Crippen LogP contribution >= 0.6 is 0 Å². The highest BCUT2D eigenvalue weighted by molar-refractivity contribution is 5.59. The number of hydrogen-bond donors (Lipinski definition) is 0. The summed E-state index contributed by atoms with van der Waals surface area (Å²) in [6, 6.07) is 8.71. The molecule has 4 nitrogen and oxygen atoms in total. The molecule has 0 amide bonds. The molecule has 3 heterocycles. The van der Waals surface area contributed by atoms with Gasteiger partial charge in [0, 0.05) is 18.2 Å². The van der Waals surface area contributed by atoms with E-state index in [1.807, 2.05) is 6.07 Å². The molecule has 3 aliphatic heterocycles. The molecular formula is C17H22N2O2. The third kappa shape index (κ3) is 1.35. The Hall–Kier alpha value is -1.42. The number of methoxy groups -OCH3 is 2. The molecule has 1 aromatic rings. The Morgan fingerprint density at radius 1 is 0.905 bits per heavy atom. The van der Waals surface area contributed by atoms with Gasteiger partial charge in [0.05, 0.1) is 25.9 Å². The Balaban J connectivity index is 1.58. The summed E-state index contributed by atoms with van der Waals surface area (Å²) in [6.07, 6.45) is 5.64. The van der Waals surface area contributed by atoms with Gasteiger partial charge in [-0.1, -0.05) is 0 Å². The smallest absolute Gasteiger partial charge is 0.162 e. The van der Waals surface area contributed by atoms with Crippen molar-refractivity contribution in [2.24, 2.45) is 11.8 Å². The predicted molar refractivity (Wildman–Crippen MR) is 80.7 cm³/mol. The highest BCUT2D eigenvalue weighted by Crippen LogP contribution is 2.60. The molecule has 5 rings (SSSR count). The third-order valence-electron chi connectivity index (χ3n) is 6.30. The number of piperidine rings is 1. The van der Waals surface area contributed by atoms with Gasteiger partial charge < -0.3 is 14.5 Å². The summed E-state index contributed by atoms with van der Waals surface area (Å²) in [5, 5.41) is 5.32. The van der Waals surface area contributed by atoms with Crippen molar-refractivity contribution in [3.8, 4) is 11.5 Å². The SMILES string of the molecule is COc1ccc(N2C3C4CCC3C3CCC4N32)cc1OC. The fraction of sp³-hybridized carbons (Fsp3) is 0.647. The molecule has 0 N–H and O–H groups in total. The maximum absolute atomic E-state index is 5.50. The van der Waals surface area contributed by atoms with E-state index in [1.54, 1.807) is 14.2 Å². The summed E-state index contributed by atoms with van der Waals surface area (Å²) in [5.74, 6) is 3.43. The minimum absolute atomic E-state index is 0.737. The van der Waals surface area contributed by atoms with Crippen molar-refractivity contribution in [2.75, 3.05) is 19.2 Å². The molecule has 21 heavy (non-hydrogen) atoms. The fourth-order valence-corrected chi connectivity index (χ4v) is 5.67. The summed E-state index contributed by atoms with van der Waals surface area (Å²) >= 11 is 0. The second-order valence-corrected chi connectivity index (χ2v) is 6.87. The van der Waals surface area contributed by atoms with Gasteiger partial charge >= 0.3 is 0 Å². The van der Waals surface area contributed by atoms with E-state index in [-0.39, 0.29) is 0 Å². The van der Waals surface area contributed by atoms with Crippen LogP contribution < -0.4 is 14.5 Å². The number of hydrogen-bond acceptors (Lipinski definition) is 4. The monoisotopic (exact) mass is 286 g/mol. The average molecular weight is 286 g/mol. The summed E-state index contributed by atoms with van der Waals surface area (Å²) in [4.78, 5) is 0. The van der Waals surface area contributed by atoms with Crippen molar-refractivity contribution < 1.29 is 9.47 Å². The number of benzene rings is 1. The molecule has 0 aromatic heterocycles. The molecule has 4 atom stereocenters. The van der Waals surface area contributed by atoms with Gasteiger partial charge in [0.1, 0.15) is 0 Å². The lowest BCUT2D eigenvalue weighted by Crippen LogP contribution is -2.39. The van der Waals surface area contributed by atoms with Crippen LogP contribution in [-0.4, -0.2) is 37.4 Å². The van der Waals surface area contributed by atoms with Gasteiger partial charge in [-0.2, -0.15) is 0 Å². The summed E-state index contributed by atoms with van der Waals surface area (Å²) in [5.41, 5.74) is 1.28. The van der Waals surface area contributed by atoms with Crippen LogP contribution in [0.15, 0.2) is 18.2 Å². The van der Waals surface area contributed by atoms with Crippen LogP contribution in [0.4, 0.5) is 5.69 Å². The Morgan fingerprint density at radius 3 is 2.19 bits per heavy atom. The minimum Gasteiger partial charge on any atom is -0.493 e. The Bertz CT molecular complexity index is 546. The summed E-state index contributed by atoms with van der Waals surface area (Å²) < 4.78 is 10.9. The van der Waals surface area contributed by atoms with Crippen LogP contribution in [0.2, 0.25) is 0 Å². The number of rotatable bonds is 3. The molecule has 112 valence electrons. The molecular weight excluding hydrogens is 264 g/mol. The average Bonchev–Trinajstić information content (AvgIpc) is 3.15. The van der Waals surface area contributed by atoms with Gasteiger partial charge in [0.2, 0.25) is 0 Å². The lowest BCUT2D eigenvalue weighted by atomic mass is 9.91. The fourth-order valence-electron chi connectivity index (χ4n) is 5.67. The Morgan fingerprint density at radius 2 is 1.57 bits per heavy atom. The van der Waals surface area contributed by atoms with Gasteiger partial charge in [-0.15, -0.1) is 0 Å². The van der Waals surface area contributed by atoms with Crippen molar-refractivity contribution in [1.82, 2.24) is 5.01 Å². The highest BCUT2D eigenvalue weighted by atomic mass is 16.5. The van der Waals surface area contributed by atoms with Crippen molar-refractivity contribution in [2.45, 2.75) is 43.8 Å². The molecule has 1 aromatic carbocycles. The molecule has 0 radical (unpaired) electrons. The molecule has 1 aliphatic carbocycles. The van der Waals surface area contributed by atoms with Crippen molar-refractivity contribution >= 4 is 5.69 Å². The van der Waals surface area contributed by atoms with Crippen LogP contribution in [0.1, 0.15) is 25.7 Å². The lowest BCUT2D eigenvalue weighted by molar-refractivity contribution is 0.200. The number of anilines is 1. The molecule has 4 heteroatoms. The second kappa shape index (κ2) is 4.07. The van der Waals surface area contributed by atoms with Gasteiger partial charge in [0.15, 0.2) is 11.5 Å². The van der Waals surface area contributed by atoms with Crippen molar-refractivity contribution in [1.29, 1.82) is 0 Å². The zero-order valence-corrected chi connectivity index (χ0v) is 12.7. The number of hydrazine groups is 1. The number of fused-ring (bicyclic) bond motifs is 2. The van der Waals surface area contributed by atoms with Crippen LogP contribution in [0.25, 0.3) is 0 Å². The van der Waals surface area contributed by atoms with E-state index < -0.39 is 0 Å². The maximum atomic E-state index is 5.50. The lowest BCUT2D eigenvalue weighted by Gasteiger charge is -2.29. The van der Waals surface area contributed by atoms with Crippen LogP contribution in [0.3, 0.4) is 0 Å². The van der Waals surface area contributed by atoms with Crippen molar-refractivity contribution in [3.63, 3.8) is 0 Å². The van der Waals surface area contributed by atoms with E-state index >= 15 is 0 Å². The number of nitrogens with zero attached hydrogens (tertiary/aromatic N) is 2. The van der Waals surface area contributed by atoms with Gasteiger partial charge in [0.25, 0.3) is 0 Å². The Labute approximate surface area is 125 Å². The molecule has 4 unspecified atom stereocenters. The Kier molecular flexibility index (Phi) is 2.35. The van der Waals surface area contributed by atoms with Crippen LogP contribution in [0.5, 0.6) is 11.5 Å². The zero-order valence-electron chi connectivity index (χ0n) is 12.7. The molecule has 2 bridgehead atoms. The number of ether oxygens (including phenoxy) is 2. The van der Waals surface area contributed by atoms with Gasteiger partial charge in [-0.3, -0.25) is 0 Å². The minimum atomic E-state index is 0.737. The second-order valence-electron chi connectivity index (χ2n) is 6.87. The van der Waals surface area contributed by atoms with Crippen molar-refractivity contribution in [3.05, 3.63) is 18.2 Å². The summed E-state index contributed by atoms with van der Waals surface area (Å²) in [7, 11) is 3.41. The van der Waals surface area contributed by atoms with E-state index in [1.165, 1.54) is 31.4 Å². The zero-order chi connectivity index (χ0) is 14.1. The first-order chi connectivity index (χ1) is 10.3. The van der Waals surface area contributed by atoms with Gasteiger partial charge in [-0.05, 0) is 49.7 Å². The van der Waals surface area contributed by atoms with E-state index in [0.717, 1.165) is 41.5 Å². The molecule has 4 fully saturated rings. The third-order valence-corrected chi connectivity index (χ3v) is 6.30. The topological polar surface area (TPSA) is 24.9 Å². The van der Waals surface area contributed by atoms with E-state index in [2.05, 4.69) is 22.2 Å². The first-order valence-corrected chi connectivity index (χ1v) is 8.13. The van der Waals surface area contributed by atoms with E-state index in [0.29, 0.717) is 0 Å². The largest absolute Gasteiger partial charge is 0.493 e. The normalized spacial score (nSPS) is 39.3.